The van der Waals surface area contributed by atoms with Crippen molar-refractivity contribution >= 4 is 35.2 Å². The highest BCUT2D eigenvalue weighted by atomic mass is 35.5. The third-order valence-electron chi connectivity index (χ3n) is 3.09. The summed E-state index contributed by atoms with van der Waals surface area (Å²) in [6.45, 7) is 4.96. The van der Waals surface area contributed by atoms with Gasteiger partial charge >= 0.3 is 0 Å². The summed E-state index contributed by atoms with van der Waals surface area (Å²) in [7, 11) is 0. The van der Waals surface area contributed by atoms with E-state index in [0.717, 1.165) is 18.4 Å². The van der Waals surface area contributed by atoms with Crippen LogP contribution in [0.4, 0.5) is 0 Å². The van der Waals surface area contributed by atoms with E-state index < -0.39 is 0 Å². The Morgan fingerprint density at radius 3 is 2.63 bits per heavy atom. The molecule has 1 N–H and O–H groups in total. The van der Waals surface area contributed by atoms with Gasteiger partial charge in [0.25, 0.3) is 0 Å². The van der Waals surface area contributed by atoms with Crippen molar-refractivity contribution < 1.29 is 4.79 Å². The van der Waals surface area contributed by atoms with E-state index in [0.29, 0.717) is 22.5 Å². The van der Waals surface area contributed by atoms with E-state index in [4.69, 9.17) is 23.2 Å². The summed E-state index contributed by atoms with van der Waals surface area (Å²) in [4.78, 5) is 11.7. The van der Waals surface area contributed by atoms with E-state index >= 15 is 0 Å². The van der Waals surface area contributed by atoms with Crippen molar-refractivity contribution in [3.8, 4) is 0 Å². The minimum Gasteiger partial charge on any atom is -0.352 e. The van der Waals surface area contributed by atoms with Crippen LogP contribution in [0.1, 0.15) is 32.3 Å². The minimum atomic E-state index is -0.108. The fourth-order valence-corrected chi connectivity index (χ4v) is 2.05. The lowest BCUT2D eigenvalue weighted by Crippen LogP contribution is -2.27. The SMILES string of the molecule is CCC(CC)CNC(=O)/C=C/c1cc(Cl)ccc1Cl. The molecule has 0 aromatic heterocycles. The molecule has 0 aliphatic heterocycles. The van der Waals surface area contributed by atoms with Crippen LogP contribution in [-0.4, -0.2) is 12.5 Å². The molecule has 1 aromatic rings. The summed E-state index contributed by atoms with van der Waals surface area (Å²) in [5, 5.41) is 4.06. The molecule has 0 radical (unpaired) electrons. The molecule has 2 nitrogen and oxygen atoms in total. The molecule has 0 unspecified atom stereocenters. The largest absolute Gasteiger partial charge is 0.352 e. The van der Waals surface area contributed by atoms with Crippen LogP contribution in [0.5, 0.6) is 0 Å². The molecule has 19 heavy (non-hydrogen) atoms. The van der Waals surface area contributed by atoms with Crippen LogP contribution in [0.2, 0.25) is 10.0 Å². The Morgan fingerprint density at radius 2 is 2.00 bits per heavy atom. The second-order valence-electron chi connectivity index (χ2n) is 4.43. The molecule has 0 aliphatic rings. The van der Waals surface area contributed by atoms with E-state index in [1.165, 1.54) is 6.08 Å². The molecular weight excluding hydrogens is 281 g/mol. The molecule has 104 valence electrons. The van der Waals surface area contributed by atoms with Crippen molar-refractivity contribution in [1.29, 1.82) is 0 Å². The predicted octanol–water partition coefficient (Wildman–Crippen LogP) is 4.56. The van der Waals surface area contributed by atoms with E-state index in [-0.39, 0.29) is 5.91 Å². The molecule has 0 spiro atoms. The van der Waals surface area contributed by atoms with Crippen LogP contribution in [0.15, 0.2) is 24.3 Å². The lowest BCUT2D eigenvalue weighted by Gasteiger charge is -2.11. The van der Waals surface area contributed by atoms with Gasteiger partial charge in [-0.25, -0.2) is 0 Å². The normalized spacial score (nSPS) is 11.2. The Balaban J connectivity index is 2.56. The van der Waals surface area contributed by atoms with E-state index in [1.54, 1.807) is 24.3 Å². The second kappa shape index (κ2) is 8.23. The van der Waals surface area contributed by atoms with Gasteiger partial charge in [0, 0.05) is 22.7 Å². The zero-order valence-electron chi connectivity index (χ0n) is 11.2. The van der Waals surface area contributed by atoms with Gasteiger partial charge in [0.1, 0.15) is 0 Å². The van der Waals surface area contributed by atoms with Crippen LogP contribution < -0.4 is 5.32 Å². The molecule has 0 atom stereocenters. The topological polar surface area (TPSA) is 29.1 Å². The Kier molecular flexibility index (Phi) is 6.96. The third kappa shape index (κ3) is 5.66. The molecule has 1 aromatic carbocycles. The molecule has 0 heterocycles. The molecule has 0 fully saturated rings. The number of nitrogens with one attached hydrogen (secondary N) is 1. The van der Waals surface area contributed by atoms with Crippen molar-refractivity contribution in [2.45, 2.75) is 26.7 Å². The number of benzene rings is 1. The summed E-state index contributed by atoms with van der Waals surface area (Å²) in [5.41, 5.74) is 0.742. The zero-order chi connectivity index (χ0) is 14.3. The summed E-state index contributed by atoms with van der Waals surface area (Å²) >= 11 is 11.9. The van der Waals surface area contributed by atoms with Gasteiger partial charge in [-0.1, -0.05) is 49.9 Å². The number of hydrogen-bond donors (Lipinski definition) is 1. The quantitative estimate of drug-likeness (QED) is 0.767. The predicted molar refractivity (Wildman–Crippen MR) is 82.6 cm³/mol. The van der Waals surface area contributed by atoms with Gasteiger partial charge in [-0.15, -0.1) is 0 Å². The van der Waals surface area contributed by atoms with Crippen molar-refractivity contribution in [2.24, 2.45) is 5.92 Å². The average Bonchev–Trinajstić information content (AvgIpc) is 2.41. The van der Waals surface area contributed by atoms with E-state index in [1.807, 2.05) is 0 Å². The lowest BCUT2D eigenvalue weighted by atomic mass is 10.0. The van der Waals surface area contributed by atoms with Gasteiger partial charge in [-0.05, 0) is 35.8 Å². The summed E-state index contributed by atoms with van der Waals surface area (Å²) in [6.07, 6.45) is 5.30. The summed E-state index contributed by atoms with van der Waals surface area (Å²) in [5.74, 6) is 0.426. The first kappa shape index (κ1) is 16.1. The van der Waals surface area contributed by atoms with Gasteiger partial charge in [0.15, 0.2) is 0 Å². The minimum absolute atomic E-state index is 0.108. The zero-order valence-corrected chi connectivity index (χ0v) is 12.8. The second-order valence-corrected chi connectivity index (χ2v) is 5.27. The monoisotopic (exact) mass is 299 g/mol. The van der Waals surface area contributed by atoms with Crippen LogP contribution in [0.3, 0.4) is 0 Å². The first-order valence-corrected chi connectivity index (χ1v) is 7.23. The van der Waals surface area contributed by atoms with Gasteiger partial charge in [-0.2, -0.15) is 0 Å². The average molecular weight is 300 g/mol. The first-order valence-electron chi connectivity index (χ1n) is 6.47. The molecule has 0 aliphatic carbocycles. The molecule has 1 amide bonds. The fraction of sp³-hybridized carbons (Fsp3) is 0.400. The molecular formula is C15H19Cl2NO. The van der Waals surface area contributed by atoms with Gasteiger partial charge in [0.05, 0.1) is 0 Å². The van der Waals surface area contributed by atoms with Gasteiger partial charge in [-0.3, -0.25) is 4.79 Å². The summed E-state index contributed by atoms with van der Waals surface area (Å²) in [6, 6.07) is 5.16. The number of carbonyl (C=O) groups excluding carboxylic acids is 1. The van der Waals surface area contributed by atoms with E-state index in [2.05, 4.69) is 19.2 Å². The third-order valence-corrected chi connectivity index (χ3v) is 3.67. The van der Waals surface area contributed by atoms with Gasteiger partial charge in [0.2, 0.25) is 5.91 Å². The summed E-state index contributed by atoms with van der Waals surface area (Å²) < 4.78 is 0. The fourth-order valence-electron chi connectivity index (χ4n) is 1.69. The van der Waals surface area contributed by atoms with Gasteiger partial charge < -0.3 is 5.32 Å². The van der Waals surface area contributed by atoms with Crippen molar-refractivity contribution in [3.05, 3.63) is 39.9 Å². The maximum atomic E-state index is 11.7. The standard InChI is InChI=1S/C15H19Cl2NO/c1-3-11(4-2)10-18-15(19)8-5-12-9-13(16)6-7-14(12)17/h5-9,11H,3-4,10H2,1-2H3,(H,18,19)/b8-5+. The number of hydrogen-bond acceptors (Lipinski definition) is 1. The van der Waals surface area contributed by atoms with Crippen LogP contribution in [0.25, 0.3) is 6.08 Å². The highest BCUT2D eigenvalue weighted by Gasteiger charge is 2.04. The lowest BCUT2D eigenvalue weighted by molar-refractivity contribution is -0.116. The molecule has 0 saturated carbocycles. The Bertz CT molecular complexity index is 453. The highest BCUT2D eigenvalue weighted by molar-refractivity contribution is 6.34. The Morgan fingerprint density at radius 1 is 1.32 bits per heavy atom. The first-order chi connectivity index (χ1) is 9.06. The molecule has 0 saturated heterocycles. The number of rotatable bonds is 6. The van der Waals surface area contributed by atoms with Crippen LogP contribution in [-0.2, 0) is 4.79 Å². The number of halogens is 2. The van der Waals surface area contributed by atoms with Crippen molar-refractivity contribution in [3.63, 3.8) is 0 Å². The maximum absolute atomic E-state index is 11.7. The Labute approximate surface area is 124 Å². The molecule has 0 bridgehead atoms. The number of amides is 1. The smallest absolute Gasteiger partial charge is 0.244 e. The van der Waals surface area contributed by atoms with Crippen molar-refractivity contribution in [2.75, 3.05) is 6.54 Å². The maximum Gasteiger partial charge on any atom is 0.244 e. The molecule has 4 heteroatoms. The van der Waals surface area contributed by atoms with E-state index in [9.17, 15) is 4.79 Å². The Hall–Kier alpha value is -0.990. The van der Waals surface area contributed by atoms with Crippen LogP contribution in [0, 0.1) is 5.92 Å². The van der Waals surface area contributed by atoms with Crippen molar-refractivity contribution in [1.82, 2.24) is 5.32 Å². The molecule has 1 rings (SSSR count). The highest BCUT2D eigenvalue weighted by Crippen LogP contribution is 2.21. The number of carbonyl (C=O) groups is 1. The van der Waals surface area contributed by atoms with Crippen LogP contribution >= 0.6 is 23.2 Å².